The van der Waals surface area contributed by atoms with Gasteiger partial charge < -0.3 is 9.64 Å². The number of hydrogen-bond donors (Lipinski definition) is 0. The first kappa shape index (κ1) is 16.5. The van der Waals surface area contributed by atoms with Crippen molar-refractivity contribution in [3.05, 3.63) is 59.9 Å². The molecule has 1 fully saturated rings. The number of pyridine rings is 1. The maximum atomic E-state index is 5.95. The van der Waals surface area contributed by atoms with Crippen molar-refractivity contribution in [3.63, 3.8) is 0 Å². The van der Waals surface area contributed by atoms with Gasteiger partial charge in [0.05, 0.1) is 18.3 Å². The van der Waals surface area contributed by atoms with Crippen molar-refractivity contribution in [1.29, 1.82) is 0 Å². The van der Waals surface area contributed by atoms with Gasteiger partial charge in [-0.25, -0.2) is 0 Å². The van der Waals surface area contributed by atoms with Crippen LogP contribution < -0.4 is 4.74 Å². The lowest BCUT2D eigenvalue weighted by atomic mass is 9.94. The quantitative estimate of drug-likeness (QED) is 0.795. The second kappa shape index (κ2) is 7.08. The second-order valence-corrected chi connectivity index (χ2v) is 7.29. The highest BCUT2D eigenvalue weighted by Crippen LogP contribution is 2.50. The predicted octanol–water partition coefficient (Wildman–Crippen LogP) is 4.46. The molecular formula is C20H23N3OS. The molecule has 2 aromatic rings. The van der Waals surface area contributed by atoms with Crippen LogP contribution in [-0.4, -0.2) is 33.5 Å². The fourth-order valence-corrected chi connectivity index (χ4v) is 5.04. The molecule has 4 rings (SSSR count). The number of thioether (sulfide) groups is 1. The predicted molar refractivity (Wildman–Crippen MR) is 103 cm³/mol. The molecule has 0 spiro atoms. The highest BCUT2D eigenvalue weighted by Gasteiger charge is 2.46. The van der Waals surface area contributed by atoms with Gasteiger partial charge >= 0.3 is 0 Å². The molecule has 5 heteroatoms. The van der Waals surface area contributed by atoms with E-state index in [-0.39, 0.29) is 12.1 Å². The summed E-state index contributed by atoms with van der Waals surface area (Å²) in [4.78, 5) is 12.2. The Morgan fingerprint density at radius 2 is 2.00 bits per heavy atom. The maximum Gasteiger partial charge on any atom is 0.160 e. The lowest BCUT2D eigenvalue weighted by Crippen LogP contribution is -2.35. The number of amidine groups is 1. The number of aromatic nitrogens is 1. The third-order valence-electron chi connectivity index (χ3n) is 4.87. The van der Waals surface area contributed by atoms with Crippen LogP contribution in [0.25, 0.3) is 0 Å². The minimum atomic E-state index is 0.0136. The average molecular weight is 353 g/mol. The van der Waals surface area contributed by atoms with E-state index in [2.05, 4.69) is 41.1 Å². The van der Waals surface area contributed by atoms with Gasteiger partial charge in [0.1, 0.15) is 11.8 Å². The zero-order valence-electron chi connectivity index (χ0n) is 14.6. The molecule has 0 unspecified atom stereocenters. The number of para-hydroxylation sites is 1. The van der Waals surface area contributed by atoms with Crippen LogP contribution in [0.2, 0.25) is 0 Å². The summed E-state index contributed by atoms with van der Waals surface area (Å²) in [5.74, 6) is 2.07. The third-order valence-corrected chi connectivity index (χ3v) is 5.99. The molecule has 1 aromatic carbocycles. The molecule has 0 amide bonds. The molecule has 1 aromatic heterocycles. The van der Waals surface area contributed by atoms with Crippen molar-refractivity contribution < 1.29 is 4.74 Å². The Balaban J connectivity index is 1.81. The number of hydrogen-bond acceptors (Lipinski definition) is 5. The van der Waals surface area contributed by atoms with E-state index in [1.165, 1.54) is 5.56 Å². The fraction of sp³-hybridized carbons (Fsp3) is 0.400. The van der Waals surface area contributed by atoms with E-state index < -0.39 is 0 Å². The molecule has 0 bridgehead atoms. The Hall–Kier alpha value is -2.01. The second-order valence-electron chi connectivity index (χ2n) is 6.31. The van der Waals surface area contributed by atoms with Crippen LogP contribution in [-0.2, 0) is 0 Å². The first-order chi connectivity index (χ1) is 12.3. The van der Waals surface area contributed by atoms with Crippen LogP contribution in [0, 0.1) is 0 Å². The van der Waals surface area contributed by atoms with Gasteiger partial charge in [0.25, 0.3) is 0 Å². The highest BCUT2D eigenvalue weighted by molar-refractivity contribution is 8.14. The molecule has 0 N–H and O–H groups in total. The Morgan fingerprint density at radius 3 is 2.76 bits per heavy atom. The summed E-state index contributed by atoms with van der Waals surface area (Å²) in [6.45, 7) is 4.95. The summed E-state index contributed by atoms with van der Waals surface area (Å²) in [6.07, 6.45) is 2.98. The van der Waals surface area contributed by atoms with Crippen molar-refractivity contribution in [3.8, 4) is 5.75 Å². The topological polar surface area (TPSA) is 37.7 Å². The van der Waals surface area contributed by atoms with Gasteiger partial charge in [-0.05, 0) is 31.5 Å². The molecule has 0 radical (unpaired) electrons. The molecule has 3 atom stereocenters. The van der Waals surface area contributed by atoms with Crippen LogP contribution in [0.3, 0.4) is 0 Å². The van der Waals surface area contributed by atoms with E-state index in [0.29, 0.717) is 12.6 Å². The van der Waals surface area contributed by atoms with Crippen LogP contribution in [0.5, 0.6) is 5.75 Å². The highest BCUT2D eigenvalue weighted by atomic mass is 32.2. The summed E-state index contributed by atoms with van der Waals surface area (Å²) >= 11 is 1.87. The molecule has 25 heavy (non-hydrogen) atoms. The summed E-state index contributed by atoms with van der Waals surface area (Å²) in [7, 11) is 0. The third kappa shape index (κ3) is 2.91. The Morgan fingerprint density at radius 1 is 1.16 bits per heavy atom. The molecule has 0 saturated carbocycles. The standard InChI is InChI=1S/C20H23N3OS/c1-3-14-13-25-20-22-18(16-10-7-8-12-21-16)19(23(14)20)15-9-5-6-11-17(15)24-4-2/h5-12,14,18-19H,3-4,13H2,1-2H3/t14-,18-,19+/m1/s1. The molecule has 3 heterocycles. The molecular weight excluding hydrogens is 330 g/mol. The van der Waals surface area contributed by atoms with Gasteiger partial charge in [-0.15, -0.1) is 0 Å². The van der Waals surface area contributed by atoms with Crippen molar-refractivity contribution in [2.24, 2.45) is 4.99 Å². The van der Waals surface area contributed by atoms with Crippen molar-refractivity contribution in [2.75, 3.05) is 12.4 Å². The summed E-state index contributed by atoms with van der Waals surface area (Å²) < 4.78 is 5.95. The van der Waals surface area contributed by atoms with Gasteiger partial charge in [0, 0.05) is 23.6 Å². The van der Waals surface area contributed by atoms with E-state index in [4.69, 9.17) is 9.73 Å². The van der Waals surface area contributed by atoms with Crippen LogP contribution >= 0.6 is 11.8 Å². The van der Waals surface area contributed by atoms with Crippen molar-refractivity contribution in [1.82, 2.24) is 9.88 Å². The van der Waals surface area contributed by atoms with E-state index in [1.807, 2.05) is 43.1 Å². The number of benzene rings is 1. The SMILES string of the molecule is CCOc1ccccc1[C@H]1[C@@H](c2ccccn2)N=C2SC[C@@H](CC)N21. The summed E-state index contributed by atoms with van der Waals surface area (Å²) in [6, 6.07) is 15.1. The number of ether oxygens (including phenoxy) is 1. The normalized spacial score (nSPS) is 25.0. The van der Waals surface area contributed by atoms with Crippen LogP contribution in [0.15, 0.2) is 53.7 Å². The van der Waals surface area contributed by atoms with Gasteiger partial charge in [-0.1, -0.05) is 43.0 Å². The molecule has 130 valence electrons. The minimum Gasteiger partial charge on any atom is -0.494 e. The van der Waals surface area contributed by atoms with E-state index in [9.17, 15) is 0 Å². The molecule has 2 aliphatic heterocycles. The monoisotopic (exact) mass is 353 g/mol. The zero-order chi connectivity index (χ0) is 17.2. The first-order valence-corrected chi connectivity index (χ1v) is 9.93. The summed E-state index contributed by atoms with van der Waals surface area (Å²) in [5, 5.41) is 1.15. The molecule has 4 nitrogen and oxygen atoms in total. The first-order valence-electron chi connectivity index (χ1n) is 8.95. The van der Waals surface area contributed by atoms with Gasteiger partial charge in [-0.2, -0.15) is 0 Å². The Bertz CT molecular complexity index is 765. The van der Waals surface area contributed by atoms with Crippen LogP contribution in [0.1, 0.15) is 43.6 Å². The van der Waals surface area contributed by atoms with Gasteiger partial charge in [0.2, 0.25) is 0 Å². The van der Waals surface area contributed by atoms with Crippen molar-refractivity contribution in [2.45, 2.75) is 38.4 Å². The van der Waals surface area contributed by atoms with Gasteiger partial charge in [0.15, 0.2) is 5.17 Å². The molecule has 1 saturated heterocycles. The van der Waals surface area contributed by atoms with E-state index in [0.717, 1.165) is 28.8 Å². The summed E-state index contributed by atoms with van der Waals surface area (Å²) in [5.41, 5.74) is 2.23. The van der Waals surface area contributed by atoms with E-state index in [1.54, 1.807) is 0 Å². The fourth-order valence-electron chi connectivity index (χ4n) is 3.70. The average Bonchev–Trinajstić information content (AvgIpc) is 3.22. The number of rotatable bonds is 5. The number of fused-ring (bicyclic) bond motifs is 1. The van der Waals surface area contributed by atoms with Crippen molar-refractivity contribution >= 4 is 16.9 Å². The van der Waals surface area contributed by atoms with Gasteiger partial charge in [-0.3, -0.25) is 9.98 Å². The Kier molecular flexibility index (Phi) is 4.66. The number of nitrogens with zero attached hydrogens (tertiary/aromatic N) is 3. The maximum absolute atomic E-state index is 5.95. The number of aliphatic imine (C=N–C) groups is 1. The smallest absolute Gasteiger partial charge is 0.160 e. The zero-order valence-corrected chi connectivity index (χ0v) is 15.4. The largest absolute Gasteiger partial charge is 0.494 e. The lowest BCUT2D eigenvalue weighted by Gasteiger charge is -2.32. The van der Waals surface area contributed by atoms with E-state index >= 15 is 0 Å². The van der Waals surface area contributed by atoms with Crippen LogP contribution in [0.4, 0.5) is 0 Å². The molecule has 2 aliphatic rings. The lowest BCUT2D eigenvalue weighted by molar-refractivity contribution is 0.245. The molecule has 0 aliphatic carbocycles. The Labute approximate surface area is 153 Å². The minimum absolute atomic E-state index is 0.0136.